The molecule has 0 amide bonds. The number of aromatic nitrogens is 1. The van der Waals surface area contributed by atoms with Crippen molar-refractivity contribution < 1.29 is 9.15 Å². The van der Waals surface area contributed by atoms with Gasteiger partial charge in [-0.25, -0.2) is 0 Å². The summed E-state index contributed by atoms with van der Waals surface area (Å²) < 4.78 is 10.4. The lowest BCUT2D eigenvalue weighted by Crippen LogP contribution is -2.12. The van der Waals surface area contributed by atoms with Gasteiger partial charge in [0, 0.05) is 18.3 Å². The van der Waals surface area contributed by atoms with E-state index in [1.165, 1.54) is 0 Å². The Bertz CT molecular complexity index is 426. The molecule has 4 nitrogen and oxygen atoms in total. The first-order valence-corrected chi connectivity index (χ1v) is 5.10. The van der Waals surface area contributed by atoms with Crippen LogP contribution in [0.15, 0.2) is 41.3 Å². The average Bonchev–Trinajstić information content (AvgIpc) is 2.83. The third kappa shape index (κ3) is 2.61. The van der Waals surface area contributed by atoms with E-state index >= 15 is 0 Å². The van der Waals surface area contributed by atoms with Gasteiger partial charge in [0.05, 0.1) is 26.1 Å². The van der Waals surface area contributed by atoms with E-state index in [1.807, 2.05) is 18.2 Å². The van der Waals surface area contributed by atoms with Crippen molar-refractivity contribution in [2.45, 2.75) is 13.1 Å². The molecular formula is C12H14N2O2. The second-order valence-electron chi connectivity index (χ2n) is 3.37. The minimum Gasteiger partial charge on any atom is -0.495 e. The summed E-state index contributed by atoms with van der Waals surface area (Å²) in [5.74, 6) is 1.72. The summed E-state index contributed by atoms with van der Waals surface area (Å²) >= 11 is 0. The van der Waals surface area contributed by atoms with Crippen molar-refractivity contribution in [1.29, 1.82) is 0 Å². The maximum Gasteiger partial charge on any atom is 0.141 e. The Hall–Kier alpha value is -1.81. The molecule has 0 radical (unpaired) electrons. The van der Waals surface area contributed by atoms with Crippen LogP contribution in [-0.4, -0.2) is 12.1 Å². The van der Waals surface area contributed by atoms with Gasteiger partial charge in [-0.15, -0.1) is 0 Å². The molecule has 0 atom stereocenters. The molecule has 1 N–H and O–H groups in total. The van der Waals surface area contributed by atoms with Crippen molar-refractivity contribution in [2.75, 3.05) is 7.11 Å². The highest BCUT2D eigenvalue weighted by atomic mass is 16.5. The molecule has 0 saturated heterocycles. The fourth-order valence-electron chi connectivity index (χ4n) is 1.47. The second-order valence-corrected chi connectivity index (χ2v) is 3.37. The van der Waals surface area contributed by atoms with Gasteiger partial charge in [-0.05, 0) is 18.2 Å². The first kappa shape index (κ1) is 10.7. The molecule has 0 aliphatic heterocycles. The maximum atomic E-state index is 5.22. The highest BCUT2D eigenvalue weighted by Crippen LogP contribution is 2.15. The summed E-state index contributed by atoms with van der Waals surface area (Å²) in [4.78, 5) is 4.00. The third-order valence-corrected chi connectivity index (χ3v) is 2.28. The van der Waals surface area contributed by atoms with Crippen molar-refractivity contribution >= 4 is 0 Å². The summed E-state index contributed by atoms with van der Waals surface area (Å²) in [6.07, 6.45) is 5.14. The minimum atomic E-state index is 0.707. The number of hydrogen-bond donors (Lipinski definition) is 1. The number of nitrogens with zero attached hydrogens (tertiary/aromatic N) is 1. The van der Waals surface area contributed by atoms with Gasteiger partial charge >= 0.3 is 0 Å². The van der Waals surface area contributed by atoms with Gasteiger partial charge in [0.1, 0.15) is 11.5 Å². The monoisotopic (exact) mass is 218 g/mol. The van der Waals surface area contributed by atoms with Crippen LogP contribution in [-0.2, 0) is 13.1 Å². The Balaban J connectivity index is 1.89. The average molecular weight is 218 g/mol. The van der Waals surface area contributed by atoms with Crippen LogP contribution >= 0.6 is 0 Å². The molecule has 0 aliphatic carbocycles. The van der Waals surface area contributed by atoms with E-state index in [1.54, 1.807) is 25.8 Å². The largest absolute Gasteiger partial charge is 0.495 e. The van der Waals surface area contributed by atoms with Crippen LogP contribution in [0.4, 0.5) is 0 Å². The smallest absolute Gasteiger partial charge is 0.141 e. The molecule has 16 heavy (non-hydrogen) atoms. The summed E-state index contributed by atoms with van der Waals surface area (Å²) in [5, 5.41) is 3.28. The van der Waals surface area contributed by atoms with Crippen molar-refractivity contribution in [3.63, 3.8) is 0 Å². The quantitative estimate of drug-likeness (QED) is 0.833. The fraction of sp³-hybridized carbons (Fsp3) is 0.250. The lowest BCUT2D eigenvalue weighted by Gasteiger charge is -2.07. The molecule has 0 aromatic carbocycles. The predicted octanol–water partition coefficient (Wildman–Crippen LogP) is 1.97. The van der Waals surface area contributed by atoms with Gasteiger partial charge in [0.2, 0.25) is 0 Å². The van der Waals surface area contributed by atoms with E-state index in [-0.39, 0.29) is 0 Å². The molecule has 4 heteroatoms. The van der Waals surface area contributed by atoms with Gasteiger partial charge in [-0.3, -0.25) is 4.98 Å². The first-order valence-electron chi connectivity index (χ1n) is 5.10. The summed E-state index contributed by atoms with van der Waals surface area (Å²) in [6.45, 7) is 1.44. The predicted molar refractivity (Wildman–Crippen MR) is 60.0 cm³/mol. The van der Waals surface area contributed by atoms with E-state index in [4.69, 9.17) is 9.15 Å². The Kier molecular flexibility index (Phi) is 3.56. The first-order chi connectivity index (χ1) is 7.90. The molecular weight excluding hydrogens is 204 g/mol. The molecule has 84 valence electrons. The normalized spacial score (nSPS) is 10.3. The molecule has 0 fully saturated rings. The zero-order valence-corrected chi connectivity index (χ0v) is 9.14. The number of methoxy groups -OCH3 is 1. The highest BCUT2D eigenvalue weighted by molar-refractivity contribution is 5.29. The molecule has 0 spiro atoms. The number of furan rings is 1. The summed E-state index contributed by atoms with van der Waals surface area (Å²) in [7, 11) is 1.65. The number of ether oxygens (including phenoxy) is 1. The minimum absolute atomic E-state index is 0.707. The Morgan fingerprint density at radius 2 is 2.31 bits per heavy atom. The highest BCUT2D eigenvalue weighted by Gasteiger charge is 2.02. The van der Waals surface area contributed by atoms with E-state index in [0.29, 0.717) is 6.54 Å². The molecule has 2 rings (SSSR count). The fourth-order valence-corrected chi connectivity index (χ4v) is 1.47. The van der Waals surface area contributed by atoms with Crippen molar-refractivity contribution in [3.05, 3.63) is 48.2 Å². The molecule has 2 aromatic heterocycles. The zero-order chi connectivity index (χ0) is 11.2. The van der Waals surface area contributed by atoms with E-state index in [2.05, 4.69) is 10.3 Å². The lowest BCUT2D eigenvalue weighted by atomic mass is 10.2. The third-order valence-electron chi connectivity index (χ3n) is 2.28. The molecule has 2 aromatic rings. The summed E-state index contributed by atoms with van der Waals surface area (Å²) in [6, 6.07) is 5.76. The van der Waals surface area contributed by atoms with E-state index in [9.17, 15) is 0 Å². The van der Waals surface area contributed by atoms with Crippen LogP contribution < -0.4 is 10.1 Å². The SMILES string of the molecule is COc1cnccc1CNCc1ccco1. The van der Waals surface area contributed by atoms with Crippen LogP contribution in [0, 0.1) is 0 Å². The van der Waals surface area contributed by atoms with Gasteiger partial charge < -0.3 is 14.5 Å². The number of nitrogens with one attached hydrogen (secondary N) is 1. The van der Waals surface area contributed by atoms with Crippen LogP contribution in [0.1, 0.15) is 11.3 Å². The Labute approximate surface area is 94.3 Å². The Morgan fingerprint density at radius 3 is 3.06 bits per heavy atom. The van der Waals surface area contributed by atoms with Crippen LogP contribution in [0.25, 0.3) is 0 Å². The van der Waals surface area contributed by atoms with Crippen LogP contribution in [0.3, 0.4) is 0 Å². The number of rotatable bonds is 5. The van der Waals surface area contributed by atoms with E-state index < -0.39 is 0 Å². The molecule has 0 unspecified atom stereocenters. The van der Waals surface area contributed by atoms with Crippen molar-refractivity contribution in [1.82, 2.24) is 10.3 Å². The van der Waals surface area contributed by atoms with Crippen molar-refractivity contribution in [2.24, 2.45) is 0 Å². The number of pyridine rings is 1. The standard InChI is InChI=1S/C12H14N2O2/c1-15-12-9-13-5-4-10(12)7-14-8-11-3-2-6-16-11/h2-6,9,14H,7-8H2,1H3. The molecule has 0 bridgehead atoms. The van der Waals surface area contributed by atoms with Crippen molar-refractivity contribution in [3.8, 4) is 5.75 Å². The molecule has 0 saturated carbocycles. The maximum absolute atomic E-state index is 5.22. The number of hydrogen-bond acceptors (Lipinski definition) is 4. The second kappa shape index (κ2) is 5.32. The summed E-state index contributed by atoms with van der Waals surface area (Å²) in [5.41, 5.74) is 1.09. The molecule has 0 aliphatic rings. The molecule has 2 heterocycles. The Morgan fingerprint density at radius 1 is 1.38 bits per heavy atom. The van der Waals surface area contributed by atoms with Crippen LogP contribution in [0.5, 0.6) is 5.75 Å². The zero-order valence-electron chi connectivity index (χ0n) is 9.14. The topological polar surface area (TPSA) is 47.3 Å². The van der Waals surface area contributed by atoms with Crippen LogP contribution in [0.2, 0.25) is 0 Å². The van der Waals surface area contributed by atoms with Gasteiger partial charge in [-0.1, -0.05) is 0 Å². The van der Waals surface area contributed by atoms with Gasteiger partial charge in [-0.2, -0.15) is 0 Å². The van der Waals surface area contributed by atoms with Gasteiger partial charge in [0.25, 0.3) is 0 Å². The van der Waals surface area contributed by atoms with Gasteiger partial charge in [0.15, 0.2) is 0 Å². The van der Waals surface area contributed by atoms with E-state index in [0.717, 1.165) is 23.6 Å². The lowest BCUT2D eigenvalue weighted by molar-refractivity contribution is 0.404.